The Kier molecular flexibility index (Phi) is 7.64. The normalized spacial score (nSPS) is 18.3. The predicted molar refractivity (Wildman–Crippen MR) is 126 cm³/mol. The molecule has 2 aromatic carbocycles. The van der Waals surface area contributed by atoms with Crippen LogP contribution in [0.25, 0.3) is 0 Å². The summed E-state index contributed by atoms with van der Waals surface area (Å²) in [7, 11) is 1.54. The molecule has 2 aromatic rings. The summed E-state index contributed by atoms with van der Waals surface area (Å²) >= 11 is 6.08. The summed E-state index contributed by atoms with van der Waals surface area (Å²) in [4.78, 5) is 24.6. The molecule has 0 saturated carbocycles. The molecule has 2 aliphatic rings. The first-order valence-corrected chi connectivity index (χ1v) is 11.3. The van der Waals surface area contributed by atoms with Crippen molar-refractivity contribution in [1.29, 1.82) is 0 Å². The Morgan fingerprint density at radius 2 is 1.94 bits per heavy atom. The van der Waals surface area contributed by atoms with E-state index in [1.54, 1.807) is 18.0 Å². The number of ether oxygens (including phenoxy) is 1. The van der Waals surface area contributed by atoms with E-state index in [1.165, 1.54) is 6.07 Å². The molecule has 2 heterocycles. The lowest BCUT2D eigenvalue weighted by Gasteiger charge is -2.38. The Hall–Kier alpha value is -2.88. The van der Waals surface area contributed by atoms with Crippen molar-refractivity contribution in [2.24, 2.45) is 4.99 Å². The molecule has 0 aromatic heterocycles. The van der Waals surface area contributed by atoms with Gasteiger partial charge in [0.1, 0.15) is 6.54 Å². The SMILES string of the molecule is CNC(=O)CN1c2ccc(Cl)c(F)c2C(OCNc2ccccc2)=NC1ON1CCCCC1. The van der Waals surface area contributed by atoms with Gasteiger partial charge < -0.3 is 20.3 Å². The summed E-state index contributed by atoms with van der Waals surface area (Å²) in [6.07, 6.45) is 2.27. The molecule has 1 amide bonds. The van der Waals surface area contributed by atoms with E-state index in [9.17, 15) is 4.79 Å². The Labute approximate surface area is 197 Å². The first kappa shape index (κ1) is 23.3. The number of nitrogens with zero attached hydrogens (tertiary/aromatic N) is 3. The molecule has 0 spiro atoms. The molecule has 4 rings (SSSR count). The van der Waals surface area contributed by atoms with Crippen LogP contribution >= 0.6 is 11.6 Å². The molecule has 176 valence electrons. The Bertz CT molecular complexity index is 1000. The number of para-hydroxylation sites is 1. The van der Waals surface area contributed by atoms with Gasteiger partial charge in [-0.15, -0.1) is 0 Å². The highest BCUT2D eigenvalue weighted by Crippen LogP contribution is 2.35. The lowest BCUT2D eigenvalue weighted by molar-refractivity contribution is -0.203. The molecule has 0 radical (unpaired) electrons. The Morgan fingerprint density at radius 1 is 1.18 bits per heavy atom. The molecule has 1 fully saturated rings. The fourth-order valence-corrected chi connectivity index (χ4v) is 3.93. The number of nitrogens with one attached hydrogen (secondary N) is 2. The summed E-state index contributed by atoms with van der Waals surface area (Å²) in [5.41, 5.74) is 1.37. The lowest BCUT2D eigenvalue weighted by Crippen LogP contribution is -2.49. The average Bonchev–Trinajstić information content (AvgIpc) is 2.84. The third-order valence-corrected chi connectivity index (χ3v) is 5.79. The monoisotopic (exact) mass is 475 g/mol. The number of likely N-dealkylation sites (N-methyl/N-ethyl adjacent to an activating group) is 1. The molecule has 10 heteroatoms. The highest BCUT2D eigenvalue weighted by molar-refractivity contribution is 6.31. The van der Waals surface area contributed by atoms with Gasteiger partial charge in [-0.05, 0) is 37.1 Å². The zero-order valence-corrected chi connectivity index (χ0v) is 19.1. The van der Waals surface area contributed by atoms with Gasteiger partial charge in [0, 0.05) is 25.8 Å². The van der Waals surface area contributed by atoms with Gasteiger partial charge in [0.15, 0.2) is 12.5 Å². The molecule has 1 unspecified atom stereocenters. The number of benzene rings is 2. The van der Waals surface area contributed by atoms with E-state index in [0.717, 1.165) is 38.0 Å². The Balaban J connectivity index is 1.64. The first-order chi connectivity index (χ1) is 16.1. The van der Waals surface area contributed by atoms with Crippen LogP contribution in [-0.2, 0) is 14.4 Å². The highest BCUT2D eigenvalue weighted by atomic mass is 35.5. The van der Waals surface area contributed by atoms with E-state index in [0.29, 0.717) is 5.69 Å². The van der Waals surface area contributed by atoms with Gasteiger partial charge in [-0.3, -0.25) is 9.63 Å². The zero-order valence-electron chi connectivity index (χ0n) is 18.4. The number of amides is 1. The largest absolute Gasteiger partial charge is 0.456 e. The molecule has 1 saturated heterocycles. The number of carbonyl (C=O) groups excluding carboxylic acids is 1. The zero-order chi connectivity index (χ0) is 23.2. The van der Waals surface area contributed by atoms with Gasteiger partial charge in [-0.2, -0.15) is 10.1 Å². The third-order valence-electron chi connectivity index (χ3n) is 5.50. The van der Waals surface area contributed by atoms with Crippen molar-refractivity contribution in [3.8, 4) is 0 Å². The van der Waals surface area contributed by atoms with E-state index in [-0.39, 0.29) is 35.7 Å². The number of hydroxylamine groups is 2. The van der Waals surface area contributed by atoms with Crippen LogP contribution in [0, 0.1) is 5.82 Å². The van der Waals surface area contributed by atoms with Crippen molar-refractivity contribution in [3.63, 3.8) is 0 Å². The van der Waals surface area contributed by atoms with Crippen LogP contribution < -0.4 is 15.5 Å². The van der Waals surface area contributed by atoms with Crippen LogP contribution in [0.4, 0.5) is 15.8 Å². The van der Waals surface area contributed by atoms with Crippen molar-refractivity contribution in [2.45, 2.75) is 25.6 Å². The number of carbonyl (C=O) groups is 1. The predicted octanol–water partition coefficient (Wildman–Crippen LogP) is 3.58. The van der Waals surface area contributed by atoms with Crippen molar-refractivity contribution < 1.29 is 18.8 Å². The van der Waals surface area contributed by atoms with E-state index in [1.807, 2.05) is 35.4 Å². The van der Waals surface area contributed by atoms with Gasteiger partial charge in [-0.25, -0.2) is 4.39 Å². The lowest BCUT2D eigenvalue weighted by atomic mass is 10.1. The molecule has 2 aliphatic heterocycles. The Morgan fingerprint density at radius 3 is 2.67 bits per heavy atom. The molecule has 2 N–H and O–H groups in total. The van der Waals surface area contributed by atoms with Crippen molar-refractivity contribution in [2.75, 3.05) is 43.6 Å². The van der Waals surface area contributed by atoms with Gasteiger partial charge in [0.2, 0.25) is 18.2 Å². The maximum absolute atomic E-state index is 15.2. The molecule has 1 atom stereocenters. The smallest absolute Gasteiger partial charge is 0.250 e. The van der Waals surface area contributed by atoms with Crippen LogP contribution in [-0.4, -0.2) is 56.6 Å². The van der Waals surface area contributed by atoms with E-state index in [2.05, 4.69) is 15.6 Å². The summed E-state index contributed by atoms with van der Waals surface area (Å²) in [5.74, 6) is -0.858. The number of anilines is 2. The maximum atomic E-state index is 15.2. The second-order valence-corrected chi connectivity index (χ2v) is 8.15. The van der Waals surface area contributed by atoms with Crippen LogP contribution in [0.2, 0.25) is 5.02 Å². The quantitative estimate of drug-likeness (QED) is 0.596. The number of aliphatic imine (C=N–C) groups is 1. The summed E-state index contributed by atoms with van der Waals surface area (Å²) in [6, 6.07) is 12.6. The van der Waals surface area contributed by atoms with Crippen LogP contribution in [0.5, 0.6) is 0 Å². The van der Waals surface area contributed by atoms with Crippen molar-refractivity contribution >= 4 is 34.8 Å². The minimum absolute atomic E-state index is 0.0557. The standard InChI is InChI=1S/C23H27ClFN5O3/c1-26-19(31)14-30-18-11-10-17(24)21(25)20(18)22(32-15-27-16-8-4-2-5-9-16)28-23(30)33-29-12-6-3-7-13-29/h2,4-5,8-11,23,27H,3,6-7,12-15H2,1H3,(H,26,31). The molecule has 33 heavy (non-hydrogen) atoms. The van der Waals surface area contributed by atoms with E-state index < -0.39 is 12.2 Å². The number of piperidine rings is 1. The fourth-order valence-electron chi connectivity index (χ4n) is 3.77. The van der Waals surface area contributed by atoms with Crippen molar-refractivity contribution in [1.82, 2.24) is 10.4 Å². The summed E-state index contributed by atoms with van der Waals surface area (Å²) in [5, 5.41) is 7.50. The first-order valence-electron chi connectivity index (χ1n) is 10.9. The van der Waals surface area contributed by atoms with Gasteiger partial charge in [-0.1, -0.05) is 36.2 Å². The summed E-state index contributed by atoms with van der Waals surface area (Å²) < 4.78 is 21.0. The van der Waals surface area contributed by atoms with Gasteiger partial charge in [0.05, 0.1) is 16.3 Å². The second-order valence-electron chi connectivity index (χ2n) is 7.74. The second kappa shape index (κ2) is 10.8. The highest BCUT2D eigenvalue weighted by Gasteiger charge is 2.35. The number of hydrogen-bond acceptors (Lipinski definition) is 7. The minimum atomic E-state index is -0.889. The van der Waals surface area contributed by atoms with Crippen LogP contribution in [0.3, 0.4) is 0 Å². The van der Waals surface area contributed by atoms with Gasteiger partial charge >= 0.3 is 0 Å². The average molecular weight is 476 g/mol. The molecule has 0 bridgehead atoms. The maximum Gasteiger partial charge on any atom is 0.250 e. The third kappa shape index (κ3) is 5.55. The van der Waals surface area contributed by atoms with Crippen LogP contribution in [0.1, 0.15) is 24.8 Å². The molecule has 0 aliphatic carbocycles. The number of fused-ring (bicyclic) bond motifs is 1. The summed E-state index contributed by atoms with van der Waals surface area (Å²) in [6.45, 7) is 1.50. The number of rotatable bonds is 7. The number of hydrogen-bond donors (Lipinski definition) is 2. The minimum Gasteiger partial charge on any atom is -0.456 e. The fraction of sp³-hybridized carbons (Fsp3) is 0.391. The van der Waals surface area contributed by atoms with Crippen molar-refractivity contribution in [3.05, 3.63) is 58.9 Å². The topological polar surface area (TPSA) is 78.4 Å². The molecular weight excluding hydrogens is 449 g/mol. The molecule has 8 nitrogen and oxygen atoms in total. The van der Waals surface area contributed by atoms with Crippen LogP contribution in [0.15, 0.2) is 47.5 Å². The molecular formula is C23H27ClFN5O3. The van der Waals surface area contributed by atoms with Gasteiger partial charge in [0.25, 0.3) is 0 Å². The van der Waals surface area contributed by atoms with E-state index in [4.69, 9.17) is 21.2 Å². The van der Waals surface area contributed by atoms with E-state index >= 15 is 4.39 Å². The number of halogens is 2.